The number of hydrogen-bond acceptors (Lipinski definition) is 3. The summed E-state index contributed by atoms with van der Waals surface area (Å²) in [6.07, 6.45) is 5.24. The van der Waals surface area contributed by atoms with Crippen molar-refractivity contribution < 1.29 is 18.5 Å². The number of halogens is 1. The van der Waals surface area contributed by atoms with Crippen LogP contribution in [0.15, 0.2) is 71.6 Å². The third kappa shape index (κ3) is 4.15. The second-order valence-corrected chi connectivity index (χ2v) is 6.16. The Bertz CT molecular complexity index is 935. The SMILES string of the molecule is Cc1ccc[n+](/C(C(=S)NCc2ccco2)=C(/O)c2ccc(F)cc2)c1. The molecule has 3 rings (SSSR count). The van der Waals surface area contributed by atoms with Crippen molar-refractivity contribution in [1.29, 1.82) is 0 Å². The molecule has 0 fully saturated rings. The Morgan fingerprint density at radius 1 is 1.19 bits per heavy atom. The topological polar surface area (TPSA) is 49.3 Å². The van der Waals surface area contributed by atoms with Crippen molar-refractivity contribution in [3.8, 4) is 0 Å². The van der Waals surface area contributed by atoms with E-state index in [2.05, 4.69) is 5.32 Å². The van der Waals surface area contributed by atoms with Crippen LogP contribution < -0.4 is 9.88 Å². The molecule has 0 radical (unpaired) electrons. The van der Waals surface area contributed by atoms with Gasteiger partial charge in [0.05, 0.1) is 12.8 Å². The summed E-state index contributed by atoms with van der Waals surface area (Å²) in [5.41, 5.74) is 1.88. The molecule has 2 aromatic heterocycles. The molecule has 2 N–H and O–H groups in total. The molecule has 0 spiro atoms. The first kappa shape index (κ1) is 17.8. The third-order valence-electron chi connectivity index (χ3n) is 3.77. The van der Waals surface area contributed by atoms with Crippen LogP contribution in [0.4, 0.5) is 4.39 Å². The van der Waals surface area contributed by atoms with Gasteiger partial charge in [-0.25, -0.2) is 4.39 Å². The van der Waals surface area contributed by atoms with E-state index in [1.54, 1.807) is 23.1 Å². The zero-order valence-electron chi connectivity index (χ0n) is 14.1. The predicted octanol–water partition coefficient (Wildman–Crippen LogP) is 4.02. The molecule has 0 bridgehead atoms. The highest BCUT2D eigenvalue weighted by atomic mass is 32.1. The first-order valence-corrected chi connectivity index (χ1v) is 8.43. The molecule has 0 aliphatic rings. The van der Waals surface area contributed by atoms with E-state index in [1.165, 1.54) is 24.3 Å². The summed E-state index contributed by atoms with van der Waals surface area (Å²) in [5, 5.41) is 13.9. The molecular formula is C20H18FN2O2S+. The monoisotopic (exact) mass is 369 g/mol. The van der Waals surface area contributed by atoms with E-state index in [1.807, 2.05) is 31.3 Å². The molecule has 0 amide bonds. The van der Waals surface area contributed by atoms with Gasteiger partial charge in [-0.15, -0.1) is 0 Å². The number of hydrogen-bond donors (Lipinski definition) is 2. The first-order chi connectivity index (χ1) is 12.5. The average Bonchev–Trinajstić information content (AvgIpc) is 3.14. The fraction of sp³-hybridized carbons (Fsp3) is 0.100. The molecule has 0 unspecified atom stereocenters. The lowest BCUT2D eigenvalue weighted by Gasteiger charge is -2.09. The molecular weight excluding hydrogens is 351 g/mol. The Kier molecular flexibility index (Phi) is 5.43. The number of nitrogens with zero attached hydrogens (tertiary/aromatic N) is 1. The summed E-state index contributed by atoms with van der Waals surface area (Å²) >= 11 is 5.51. The molecule has 0 saturated carbocycles. The highest BCUT2D eigenvalue weighted by Crippen LogP contribution is 2.18. The van der Waals surface area contributed by atoms with Gasteiger partial charge >= 0.3 is 0 Å². The Morgan fingerprint density at radius 2 is 1.96 bits per heavy atom. The number of furan rings is 1. The van der Waals surface area contributed by atoms with Gasteiger partial charge in [0, 0.05) is 17.2 Å². The van der Waals surface area contributed by atoms with Gasteiger partial charge in [0.1, 0.15) is 11.6 Å². The second kappa shape index (κ2) is 7.93. The minimum Gasteiger partial charge on any atom is -0.502 e. The standard InChI is InChI=1S/C20H17FN2O2S/c1-14-4-2-10-23(13-14)18(19(24)15-6-8-16(21)9-7-15)20(26)22-12-17-5-3-11-25-17/h2-11,13H,12H2,1H3,(H-,22,24,26)/p+1. The van der Waals surface area contributed by atoms with E-state index in [0.29, 0.717) is 22.8 Å². The van der Waals surface area contributed by atoms with Crippen LogP contribution >= 0.6 is 12.2 Å². The zero-order chi connectivity index (χ0) is 18.5. The predicted molar refractivity (Wildman–Crippen MR) is 102 cm³/mol. The summed E-state index contributed by atoms with van der Waals surface area (Å²) in [6.45, 7) is 2.33. The van der Waals surface area contributed by atoms with Crippen molar-refractivity contribution in [3.05, 3.63) is 89.9 Å². The van der Waals surface area contributed by atoms with Crippen LogP contribution in [0.5, 0.6) is 0 Å². The normalized spacial score (nSPS) is 11.8. The zero-order valence-corrected chi connectivity index (χ0v) is 15.0. The smallest absolute Gasteiger partial charge is 0.288 e. The van der Waals surface area contributed by atoms with E-state index in [-0.39, 0.29) is 11.6 Å². The Labute approximate surface area is 156 Å². The van der Waals surface area contributed by atoms with Crippen LogP contribution in [0.3, 0.4) is 0 Å². The molecule has 0 atom stereocenters. The van der Waals surface area contributed by atoms with Gasteiger partial charge in [-0.3, -0.25) is 0 Å². The quantitative estimate of drug-likeness (QED) is 0.309. The highest BCUT2D eigenvalue weighted by Gasteiger charge is 2.24. The fourth-order valence-electron chi connectivity index (χ4n) is 2.49. The molecule has 4 nitrogen and oxygen atoms in total. The molecule has 0 saturated heterocycles. The maximum atomic E-state index is 13.2. The van der Waals surface area contributed by atoms with Gasteiger partial charge < -0.3 is 14.8 Å². The summed E-state index contributed by atoms with van der Waals surface area (Å²) in [5.74, 6) is 0.310. The molecule has 132 valence electrons. The van der Waals surface area contributed by atoms with Gasteiger partial charge in [0.2, 0.25) is 0 Å². The van der Waals surface area contributed by atoms with Crippen LogP contribution in [0.25, 0.3) is 11.5 Å². The number of aryl methyl sites for hydroxylation is 1. The number of aliphatic hydroxyl groups excluding tert-OH is 1. The van der Waals surface area contributed by atoms with Crippen molar-refractivity contribution in [2.24, 2.45) is 0 Å². The Morgan fingerprint density at radius 3 is 2.62 bits per heavy atom. The van der Waals surface area contributed by atoms with Crippen LogP contribution in [-0.4, -0.2) is 10.1 Å². The molecule has 3 aromatic rings. The second-order valence-electron chi connectivity index (χ2n) is 5.75. The number of rotatable bonds is 5. The number of aliphatic hydroxyl groups is 1. The molecule has 26 heavy (non-hydrogen) atoms. The minimum absolute atomic E-state index is 0.0439. The molecule has 1 aromatic carbocycles. The maximum absolute atomic E-state index is 13.2. The average molecular weight is 369 g/mol. The van der Waals surface area contributed by atoms with Crippen molar-refractivity contribution in [2.45, 2.75) is 13.5 Å². The number of benzene rings is 1. The number of aromatic nitrogens is 1. The van der Waals surface area contributed by atoms with Crippen molar-refractivity contribution in [2.75, 3.05) is 0 Å². The van der Waals surface area contributed by atoms with E-state index < -0.39 is 0 Å². The van der Waals surface area contributed by atoms with E-state index in [9.17, 15) is 9.50 Å². The summed E-state index contributed by atoms with van der Waals surface area (Å²) in [6, 6.07) is 13.0. The van der Waals surface area contributed by atoms with Crippen molar-refractivity contribution in [3.63, 3.8) is 0 Å². The van der Waals surface area contributed by atoms with Gasteiger partial charge in [-0.05, 0) is 49.4 Å². The minimum atomic E-state index is -0.371. The van der Waals surface area contributed by atoms with Gasteiger partial charge in [-0.2, -0.15) is 4.57 Å². The largest absolute Gasteiger partial charge is 0.502 e. The number of pyridine rings is 1. The van der Waals surface area contributed by atoms with Crippen molar-refractivity contribution >= 4 is 28.7 Å². The number of thiocarbonyl (C=S) groups is 1. The summed E-state index contributed by atoms with van der Waals surface area (Å²) in [7, 11) is 0. The fourth-order valence-corrected chi connectivity index (χ4v) is 2.76. The Balaban J connectivity index is 1.99. The van der Waals surface area contributed by atoms with Gasteiger partial charge in [0.15, 0.2) is 23.1 Å². The van der Waals surface area contributed by atoms with Gasteiger partial charge in [0.25, 0.3) is 5.70 Å². The maximum Gasteiger partial charge on any atom is 0.288 e. The molecule has 0 aliphatic carbocycles. The summed E-state index contributed by atoms with van der Waals surface area (Å²) < 4.78 is 20.3. The first-order valence-electron chi connectivity index (χ1n) is 8.02. The molecule has 0 aliphatic heterocycles. The Hall–Kier alpha value is -2.99. The number of nitrogens with one attached hydrogen (secondary N) is 1. The summed E-state index contributed by atoms with van der Waals surface area (Å²) in [4.78, 5) is 0.346. The van der Waals surface area contributed by atoms with Gasteiger partial charge in [-0.1, -0.05) is 12.2 Å². The van der Waals surface area contributed by atoms with E-state index in [4.69, 9.17) is 16.6 Å². The van der Waals surface area contributed by atoms with Crippen LogP contribution in [-0.2, 0) is 6.54 Å². The third-order valence-corrected chi connectivity index (χ3v) is 4.10. The van der Waals surface area contributed by atoms with Crippen LogP contribution in [0.2, 0.25) is 0 Å². The lowest BCUT2D eigenvalue weighted by atomic mass is 10.1. The lowest BCUT2D eigenvalue weighted by Crippen LogP contribution is -2.41. The molecule has 2 heterocycles. The lowest BCUT2D eigenvalue weighted by molar-refractivity contribution is -0.576. The van der Waals surface area contributed by atoms with E-state index >= 15 is 0 Å². The van der Waals surface area contributed by atoms with E-state index in [0.717, 1.165) is 11.3 Å². The molecule has 6 heteroatoms. The van der Waals surface area contributed by atoms with Crippen LogP contribution in [0.1, 0.15) is 16.9 Å². The highest BCUT2D eigenvalue weighted by molar-refractivity contribution is 7.81. The van der Waals surface area contributed by atoms with Crippen molar-refractivity contribution in [1.82, 2.24) is 5.32 Å². The van der Waals surface area contributed by atoms with Crippen LogP contribution in [0, 0.1) is 12.7 Å².